The lowest BCUT2D eigenvalue weighted by molar-refractivity contribution is 0.150. The van der Waals surface area contributed by atoms with Gasteiger partial charge in [-0.05, 0) is 24.9 Å². The molecule has 84 valence electrons. The Morgan fingerprint density at radius 1 is 1.25 bits per heavy atom. The minimum absolute atomic E-state index is 0.478. The van der Waals surface area contributed by atoms with E-state index in [4.69, 9.17) is 6.57 Å². The minimum Gasteiger partial charge on any atom is -0.315 e. The fraction of sp³-hybridized carbons (Fsp3) is 0.500. The molecule has 1 saturated heterocycles. The second-order valence-corrected chi connectivity index (χ2v) is 4.45. The molecule has 0 N–H and O–H groups in total. The quantitative estimate of drug-likeness (QED) is 0.702. The molecule has 0 bridgehead atoms. The van der Waals surface area contributed by atoms with E-state index in [1.165, 1.54) is 24.8 Å². The predicted octanol–water partition coefficient (Wildman–Crippen LogP) is 2.96. The third-order valence-corrected chi connectivity index (χ3v) is 3.28. The molecule has 0 amide bonds. The summed E-state index contributed by atoms with van der Waals surface area (Å²) >= 11 is 0. The number of benzene rings is 1. The maximum absolute atomic E-state index is 7.01. The van der Waals surface area contributed by atoms with Crippen LogP contribution < -0.4 is 0 Å². The summed E-state index contributed by atoms with van der Waals surface area (Å²) in [5.74, 6) is 0. The van der Waals surface area contributed by atoms with Crippen molar-refractivity contribution in [3.05, 3.63) is 47.3 Å². The Hall–Kier alpha value is -1.33. The summed E-state index contributed by atoms with van der Waals surface area (Å²) in [7, 11) is 0. The molecule has 0 spiro atoms. The topological polar surface area (TPSA) is 7.60 Å². The SMILES string of the molecule is [C-]#[N+]CC1CCCCN1Cc1ccccc1. The molecule has 1 unspecified atom stereocenters. The van der Waals surface area contributed by atoms with E-state index in [1.54, 1.807) is 0 Å². The molecule has 0 aliphatic carbocycles. The first kappa shape index (κ1) is 11.2. The van der Waals surface area contributed by atoms with Gasteiger partial charge in [-0.2, -0.15) is 0 Å². The molecule has 16 heavy (non-hydrogen) atoms. The van der Waals surface area contributed by atoms with Crippen LogP contribution in [0.5, 0.6) is 0 Å². The highest BCUT2D eigenvalue weighted by Crippen LogP contribution is 2.19. The van der Waals surface area contributed by atoms with E-state index in [9.17, 15) is 0 Å². The van der Waals surface area contributed by atoms with E-state index >= 15 is 0 Å². The summed E-state index contributed by atoms with van der Waals surface area (Å²) in [4.78, 5) is 6.03. The lowest BCUT2D eigenvalue weighted by Gasteiger charge is -2.32. The van der Waals surface area contributed by atoms with Gasteiger partial charge in [-0.3, -0.25) is 4.90 Å². The molecule has 1 heterocycles. The molecule has 0 saturated carbocycles. The molecule has 1 fully saturated rings. The van der Waals surface area contributed by atoms with Crippen LogP contribution in [0.2, 0.25) is 0 Å². The third-order valence-electron chi connectivity index (χ3n) is 3.28. The number of nitrogens with zero attached hydrogens (tertiary/aromatic N) is 2. The van der Waals surface area contributed by atoms with Gasteiger partial charge in [0.15, 0.2) is 0 Å². The Labute approximate surface area is 97.7 Å². The molecule has 2 heteroatoms. The Balaban J connectivity index is 1.99. The van der Waals surface area contributed by atoms with Crippen LogP contribution in [-0.4, -0.2) is 24.0 Å². The molecule has 0 radical (unpaired) electrons. The van der Waals surface area contributed by atoms with Crippen molar-refractivity contribution < 1.29 is 0 Å². The van der Waals surface area contributed by atoms with Crippen molar-refractivity contribution in [2.24, 2.45) is 0 Å². The first-order chi connectivity index (χ1) is 7.90. The molecule has 2 rings (SSSR count). The average Bonchev–Trinajstić information content (AvgIpc) is 2.33. The van der Waals surface area contributed by atoms with Crippen LogP contribution in [0.25, 0.3) is 4.85 Å². The van der Waals surface area contributed by atoms with Crippen LogP contribution in [0.3, 0.4) is 0 Å². The molecule has 1 aromatic rings. The van der Waals surface area contributed by atoms with E-state index in [-0.39, 0.29) is 0 Å². The number of hydrogen-bond donors (Lipinski definition) is 0. The smallest absolute Gasteiger partial charge is 0.230 e. The van der Waals surface area contributed by atoms with E-state index < -0.39 is 0 Å². The second-order valence-electron chi connectivity index (χ2n) is 4.45. The first-order valence-electron chi connectivity index (χ1n) is 6.01. The molecule has 1 aliphatic rings. The van der Waals surface area contributed by atoms with Crippen LogP contribution in [0.4, 0.5) is 0 Å². The molecule has 1 aromatic carbocycles. The fourth-order valence-corrected chi connectivity index (χ4v) is 2.40. The predicted molar refractivity (Wildman–Crippen MR) is 66.0 cm³/mol. The highest BCUT2D eigenvalue weighted by atomic mass is 15.2. The van der Waals surface area contributed by atoms with Crippen molar-refractivity contribution in [1.82, 2.24) is 4.90 Å². The van der Waals surface area contributed by atoms with Crippen LogP contribution in [0, 0.1) is 6.57 Å². The maximum atomic E-state index is 7.01. The van der Waals surface area contributed by atoms with E-state index in [0.717, 1.165) is 13.1 Å². The number of hydrogen-bond acceptors (Lipinski definition) is 1. The summed E-state index contributed by atoms with van der Waals surface area (Å²) < 4.78 is 0. The van der Waals surface area contributed by atoms with Crippen LogP contribution >= 0.6 is 0 Å². The van der Waals surface area contributed by atoms with Gasteiger partial charge in [0.25, 0.3) is 0 Å². The van der Waals surface area contributed by atoms with Gasteiger partial charge in [-0.1, -0.05) is 36.8 Å². The third kappa shape index (κ3) is 2.84. The Bertz CT molecular complexity index is 353. The van der Waals surface area contributed by atoms with Gasteiger partial charge in [0.1, 0.15) is 0 Å². The Kier molecular flexibility index (Phi) is 3.96. The molecule has 2 nitrogen and oxygen atoms in total. The minimum atomic E-state index is 0.478. The summed E-state index contributed by atoms with van der Waals surface area (Å²) in [6, 6.07) is 11.0. The van der Waals surface area contributed by atoms with Crippen molar-refractivity contribution in [2.75, 3.05) is 13.1 Å². The maximum Gasteiger partial charge on any atom is 0.230 e. The van der Waals surface area contributed by atoms with Crippen molar-refractivity contribution in [1.29, 1.82) is 0 Å². The summed E-state index contributed by atoms with van der Waals surface area (Å²) in [6.07, 6.45) is 3.75. The van der Waals surface area contributed by atoms with Crippen LogP contribution in [0.15, 0.2) is 30.3 Å². The zero-order valence-electron chi connectivity index (χ0n) is 9.60. The lowest BCUT2D eigenvalue weighted by Crippen LogP contribution is -2.40. The van der Waals surface area contributed by atoms with Crippen molar-refractivity contribution in [3.63, 3.8) is 0 Å². The second kappa shape index (κ2) is 5.67. The van der Waals surface area contributed by atoms with Crippen LogP contribution in [-0.2, 0) is 6.54 Å². The molecule has 1 aliphatic heterocycles. The molecular weight excluding hydrogens is 196 g/mol. The number of rotatable bonds is 3. The van der Waals surface area contributed by atoms with Gasteiger partial charge in [0.2, 0.25) is 6.54 Å². The van der Waals surface area contributed by atoms with E-state index in [0.29, 0.717) is 12.6 Å². The Morgan fingerprint density at radius 2 is 2.06 bits per heavy atom. The summed E-state index contributed by atoms with van der Waals surface area (Å²) in [6.45, 7) is 9.82. The van der Waals surface area contributed by atoms with Crippen molar-refractivity contribution >= 4 is 0 Å². The zero-order chi connectivity index (χ0) is 11.2. The number of likely N-dealkylation sites (tertiary alicyclic amines) is 1. The van der Waals surface area contributed by atoms with Crippen LogP contribution in [0.1, 0.15) is 24.8 Å². The van der Waals surface area contributed by atoms with Gasteiger partial charge >= 0.3 is 0 Å². The Morgan fingerprint density at radius 3 is 2.81 bits per heavy atom. The largest absolute Gasteiger partial charge is 0.315 e. The van der Waals surface area contributed by atoms with Gasteiger partial charge in [0, 0.05) is 6.54 Å². The standard InChI is InChI=1S/C14H18N2/c1-15-11-14-9-5-6-10-16(14)12-13-7-3-2-4-8-13/h2-4,7-8,14H,5-6,9-12H2. The summed E-state index contributed by atoms with van der Waals surface area (Å²) in [5, 5.41) is 0. The number of piperidine rings is 1. The van der Waals surface area contributed by atoms with E-state index in [2.05, 4.69) is 40.1 Å². The average molecular weight is 214 g/mol. The normalized spacial score (nSPS) is 21.6. The first-order valence-corrected chi connectivity index (χ1v) is 6.01. The van der Waals surface area contributed by atoms with E-state index in [1.807, 2.05) is 0 Å². The highest BCUT2D eigenvalue weighted by Gasteiger charge is 2.24. The molecule has 0 aromatic heterocycles. The fourth-order valence-electron chi connectivity index (χ4n) is 2.40. The molecular formula is C14H18N2. The van der Waals surface area contributed by atoms with Crippen molar-refractivity contribution in [3.8, 4) is 0 Å². The van der Waals surface area contributed by atoms with Gasteiger partial charge < -0.3 is 4.85 Å². The highest BCUT2D eigenvalue weighted by molar-refractivity contribution is 5.14. The monoisotopic (exact) mass is 214 g/mol. The molecule has 1 atom stereocenters. The van der Waals surface area contributed by atoms with Gasteiger partial charge in [-0.15, -0.1) is 0 Å². The lowest BCUT2D eigenvalue weighted by atomic mass is 10.0. The van der Waals surface area contributed by atoms with Gasteiger partial charge in [0.05, 0.1) is 6.04 Å². The van der Waals surface area contributed by atoms with Crippen molar-refractivity contribution in [2.45, 2.75) is 31.8 Å². The zero-order valence-corrected chi connectivity index (χ0v) is 9.60. The summed E-state index contributed by atoms with van der Waals surface area (Å²) in [5.41, 5.74) is 1.36. The van der Waals surface area contributed by atoms with Gasteiger partial charge in [-0.25, -0.2) is 6.57 Å².